The van der Waals surface area contributed by atoms with Crippen LogP contribution >= 0.6 is 11.6 Å². The third kappa shape index (κ3) is 4.69. The van der Waals surface area contributed by atoms with E-state index >= 15 is 0 Å². The number of rotatable bonds is 6. The highest BCUT2D eigenvalue weighted by Crippen LogP contribution is 2.39. The van der Waals surface area contributed by atoms with Crippen LogP contribution in [0.15, 0.2) is 60.8 Å². The van der Waals surface area contributed by atoms with Crippen molar-refractivity contribution in [3.05, 3.63) is 88.3 Å². The number of Topliss-reactive ketones (excluding diaryl/α,β-unsaturated/α-hetero) is 1. The molecule has 8 nitrogen and oxygen atoms in total. The molecule has 1 atom stereocenters. The number of aliphatic carboxylic acids is 1. The van der Waals surface area contributed by atoms with Gasteiger partial charge in [-0.1, -0.05) is 11.6 Å². The number of carboxylic acid groups (broad SMARTS) is 1. The Morgan fingerprint density at radius 2 is 1.97 bits per heavy atom. The highest BCUT2D eigenvalue weighted by molar-refractivity contribution is 6.31. The van der Waals surface area contributed by atoms with Crippen molar-refractivity contribution >= 4 is 34.3 Å². The Labute approximate surface area is 210 Å². The minimum Gasteiger partial charge on any atom is -0.493 e. The molecule has 0 bridgehead atoms. The maximum absolute atomic E-state index is 12.8. The van der Waals surface area contributed by atoms with Gasteiger partial charge in [0.1, 0.15) is 29.1 Å². The standard InChI is InChI=1S/C27H18ClN3O5/c28-18-3-6-22-17(9-18)14-30-26(31-22)11-23(32)15-1-4-19(5-2-15)36-24-12-25-21(10-16(24)13-29)20(27(33)34)7-8-35-25/h1-6,9-10,12,14,20H,7-8,11H2,(H,33,34). The summed E-state index contributed by atoms with van der Waals surface area (Å²) in [5, 5.41) is 20.4. The Kier molecular flexibility index (Phi) is 6.23. The van der Waals surface area contributed by atoms with E-state index in [1.807, 2.05) is 6.07 Å². The molecular weight excluding hydrogens is 482 g/mol. The molecule has 1 aliphatic heterocycles. The molecule has 1 unspecified atom stereocenters. The number of nitrogens with zero attached hydrogens (tertiary/aromatic N) is 3. The Morgan fingerprint density at radius 1 is 1.17 bits per heavy atom. The van der Waals surface area contributed by atoms with Gasteiger partial charge in [0.25, 0.3) is 0 Å². The molecule has 2 heterocycles. The van der Waals surface area contributed by atoms with Crippen LogP contribution in [-0.2, 0) is 11.2 Å². The molecule has 1 aliphatic rings. The molecule has 178 valence electrons. The summed E-state index contributed by atoms with van der Waals surface area (Å²) in [4.78, 5) is 33.0. The van der Waals surface area contributed by atoms with Gasteiger partial charge in [-0.25, -0.2) is 9.97 Å². The van der Waals surface area contributed by atoms with E-state index in [-0.39, 0.29) is 30.1 Å². The number of hydrogen-bond donors (Lipinski definition) is 1. The molecule has 4 aromatic rings. The number of fused-ring (bicyclic) bond motifs is 2. The second-order valence-electron chi connectivity index (χ2n) is 8.24. The van der Waals surface area contributed by atoms with Crippen molar-refractivity contribution in [3.63, 3.8) is 0 Å². The molecule has 0 saturated heterocycles. The molecule has 1 aromatic heterocycles. The number of aromatic nitrogens is 2. The second-order valence-corrected chi connectivity index (χ2v) is 8.68. The number of benzene rings is 3. The Morgan fingerprint density at radius 3 is 2.72 bits per heavy atom. The first-order valence-electron chi connectivity index (χ1n) is 11.1. The summed E-state index contributed by atoms with van der Waals surface area (Å²) in [5.74, 6) is -0.414. The number of hydrogen-bond acceptors (Lipinski definition) is 7. The number of carbonyl (C=O) groups excluding carboxylic acids is 1. The first-order chi connectivity index (χ1) is 17.4. The zero-order valence-corrected chi connectivity index (χ0v) is 19.5. The number of halogens is 1. The minimum absolute atomic E-state index is 0.0320. The van der Waals surface area contributed by atoms with Crippen molar-refractivity contribution in [1.29, 1.82) is 5.26 Å². The molecule has 0 radical (unpaired) electrons. The molecule has 36 heavy (non-hydrogen) atoms. The van der Waals surface area contributed by atoms with Gasteiger partial charge in [0, 0.05) is 33.8 Å². The summed E-state index contributed by atoms with van der Waals surface area (Å²) in [7, 11) is 0. The van der Waals surface area contributed by atoms with Gasteiger partial charge in [0.2, 0.25) is 0 Å². The van der Waals surface area contributed by atoms with Crippen LogP contribution in [0.25, 0.3) is 10.9 Å². The summed E-state index contributed by atoms with van der Waals surface area (Å²) >= 11 is 5.99. The van der Waals surface area contributed by atoms with Crippen molar-refractivity contribution < 1.29 is 24.2 Å². The smallest absolute Gasteiger partial charge is 0.311 e. The molecule has 1 N–H and O–H groups in total. The van der Waals surface area contributed by atoms with Crippen molar-refractivity contribution in [2.24, 2.45) is 0 Å². The lowest BCUT2D eigenvalue weighted by Gasteiger charge is -2.24. The molecular formula is C27H18ClN3O5. The maximum atomic E-state index is 12.8. The van der Waals surface area contributed by atoms with E-state index < -0.39 is 11.9 Å². The Balaban J connectivity index is 1.32. The van der Waals surface area contributed by atoms with E-state index in [9.17, 15) is 20.0 Å². The fourth-order valence-corrected chi connectivity index (χ4v) is 4.24. The zero-order valence-electron chi connectivity index (χ0n) is 18.8. The van der Waals surface area contributed by atoms with E-state index in [0.29, 0.717) is 45.4 Å². The van der Waals surface area contributed by atoms with Crippen LogP contribution in [0.4, 0.5) is 0 Å². The maximum Gasteiger partial charge on any atom is 0.311 e. The van der Waals surface area contributed by atoms with Gasteiger partial charge >= 0.3 is 5.97 Å². The largest absolute Gasteiger partial charge is 0.493 e. The summed E-state index contributed by atoms with van der Waals surface area (Å²) < 4.78 is 11.5. The third-order valence-corrected chi connectivity index (χ3v) is 6.12. The fraction of sp³-hybridized carbons (Fsp3) is 0.148. The van der Waals surface area contributed by atoms with Gasteiger partial charge in [0.05, 0.1) is 30.0 Å². The van der Waals surface area contributed by atoms with Crippen LogP contribution in [0, 0.1) is 11.3 Å². The molecule has 0 saturated carbocycles. The first-order valence-corrected chi connectivity index (χ1v) is 11.4. The number of carbonyl (C=O) groups is 2. The number of ether oxygens (including phenoxy) is 2. The number of nitriles is 1. The molecule has 0 amide bonds. The summed E-state index contributed by atoms with van der Waals surface area (Å²) in [6, 6.07) is 16.9. The average molecular weight is 500 g/mol. The van der Waals surface area contributed by atoms with Crippen LogP contribution in [0.2, 0.25) is 5.02 Å². The van der Waals surface area contributed by atoms with Crippen molar-refractivity contribution in [1.82, 2.24) is 9.97 Å². The van der Waals surface area contributed by atoms with E-state index in [4.69, 9.17) is 21.1 Å². The molecule has 0 fully saturated rings. The van der Waals surface area contributed by atoms with Crippen LogP contribution in [0.1, 0.15) is 39.6 Å². The summed E-state index contributed by atoms with van der Waals surface area (Å²) in [6.07, 6.45) is 2.01. The summed E-state index contributed by atoms with van der Waals surface area (Å²) in [6.45, 7) is 0.265. The van der Waals surface area contributed by atoms with E-state index in [1.165, 1.54) is 12.1 Å². The number of ketones is 1. The van der Waals surface area contributed by atoms with E-state index in [0.717, 1.165) is 5.39 Å². The Hall–Kier alpha value is -4.48. The first kappa shape index (κ1) is 23.3. The van der Waals surface area contributed by atoms with Crippen LogP contribution in [0.3, 0.4) is 0 Å². The van der Waals surface area contributed by atoms with Crippen LogP contribution in [-0.4, -0.2) is 33.4 Å². The highest BCUT2D eigenvalue weighted by Gasteiger charge is 2.29. The minimum atomic E-state index is -0.962. The summed E-state index contributed by atoms with van der Waals surface area (Å²) in [5.41, 5.74) is 1.82. The third-order valence-electron chi connectivity index (χ3n) is 5.88. The zero-order chi connectivity index (χ0) is 25.2. The topological polar surface area (TPSA) is 122 Å². The molecule has 0 aliphatic carbocycles. The normalized spacial score (nSPS) is 14.4. The number of carboxylic acids is 1. The Bertz CT molecular complexity index is 1550. The quantitative estimate of drug-likeness (QED) is 0.353. The molecule has 9 heteroatoms. The monoisotopic (exact) mass is 499 g/mol. The second kappa shape index (κ2) is 9.64. The molecule has 0 spiro atoms. The lowest BCUT2D eigenvalue weighted by Crippen LogP contribution is -2.21. The van der Waals surface area contributed by atoms with Crippen molar-refractivity contribution in [2.45, 2.75) is 18.8 Å². The predicted molar refractivity (Wildman–Crippen MR) is 131 cm³/mol. The van der Waals surface area contributed by atoms with Crippen molar-refractivity contribution in [3.8, 4) is 23.3 Å². The van der Waals surface area contributed by atoms with Gasteiger partial charge in [0.15, 0.2) is 5.78 Å². The van der Waals surface area contributed by atoms with Gasteiger partial charge in [-0.15, -0.1) is 0 Å². The molecule has 3 aromatic carbocycles. The van der Waals surface area contributed by atoms with Gasteiger partial charge in [-0.05, 0) is 55.0 Å². The van der Waals surface area contributed by atoms with Gasteiger partial charge < -0.3 is 14.6 Å². The SMILES string of the molecule is N#Cc1cc2c(cc1Oc1ccc(C(=O)Cc3ncc4cc(Cl)ccc4n3)cc1)OCCC2C(=O)O. The van der Waals surface area contributed by atoms with Crippen molar-refractivity contribution in [2.75, 3.05) is 6.61 Å². The molecule has 5 rings (SSSR count). The predicted octanol–water partition coefficient (Wildman–Crippen LogP) is 5.32. The van der Waals surface area contributed by atoms with Gasteiger partial charge in [-0.2, -0.15) is 5.26 Å². The lowest BCUT2D eigenvalue weighted by atomic mass is 9.91. The fourth-order valence-electron chi connectivity index (χ4n) is 4.06. The van der Waals surface area contributed by atoms with Crippen LogP contribution in [0.5, 0.6) is 17.2 Å². The van der Waals surface area contributed by atoms with Crippen LogP contribution < -0.4 is 9.47 Å². The van der Waals surface area contributed by atoms with E-state index in [1.54, 1.807) is 48.7 Å². The lowest BCUT2D eigenvalue weighted by molar-refractivity contribution is -0.139. The average Bonchev–Trinajstić information content (AvgIpc) is 2.88. The van der Waals surface area contributed by atoms with E-state index in [2.05, 4.69) is 9.97 Å². The van der Waals surface area contributed by atoms with Gasteiger partial charge in [-0.3, -0.25) is 9.59 Å². The highest BCUT2D eigenvalue weighted by atomic mass is 35.5.